The Bertz CT molecular complexity index is 1500. The lowest BCUT2D eigenvalue weighted by atomic mass is 10.2. The minimum absolute atomic E-state index is 0.103. The quantitative estimate of drug-likeness (QED) is 0.147. The molecule has 8 nitrogen and oxygen atoms in total. The van der Waals surface area contributed by atoms with Gasteiger partial charge in [0.2, 0.25) is 0 Å². The molecule has 1 amide bonds. The average molecular weight is 534 g/mol. The second-order valence-corrected chi connectivity index (χ2v) is 7.68. The number of rotatable bonds is 8. The lowest BCUT2D eigenvalue weighted by molar-refractivity contribution is -0.384. The zero-order chi connectivity index (χ0) is 27.4. The molecule has 0 aliphatic rings. The van der Waals surface area contributed by atoms with Crippen LogP contribution >= 0.6 is 0 Å². The number of amides is 1. The van der Waals surface area contributed by atoms with E-state index in [1.54, 1.807) is 0 Å². The van der Waals surface area contributed by atoms with Gasteiger partial charge in [-0.15, -0.1) is 0 Å². The lowest BCUT2D eigenvalue weighted by Gasteiger charge is -2.11. The van der Waals surface area contributed by atoms with Crippen LogP contribution in [0.5, 0.6) is 17.2 Å². The van der Waals surface area contributed by atoms with Gasteiger partial charge in [-0.3, -0.25) is 14.9 Å². The predicted octanol–water partition coefficient (Wildman–Crippen LogP) is 7.11. The van der Waals surface area contributed by atoms with Crippen LogP contribution in [0, 0.1) is 21.7 Å². The average Bonchev–Trinajstić information content (AvgIpc) is 3.32. The van der Waals surface area contributed by atoms with E-state index in [9.17, 15) is 36.9 Å². The molecule has 0 spiro atoms. The number of benzene rings is 3. The van der Waals surface area contributed by atoms with E-state index in [1.807, 2.05) is 0 Å². The number of alkyl halides is 3. The molecule has 0 bridgehead atoms. The number of furan rings is 1. The molecule has 0 aliphatic carbocycles. The summed E-state index contributed by atoms with van der Waals surface area (Å²) in [6.07, 6.45) is -4.62. The van der Waals surface area contributed by atoms with Crippen LogP contribution < -0.4 is 14.8 Å². The van der Waals surface area contributed by atoms with Crippen LogP contribution in [-0.2, 0) is 12.8 Å². The molecule has 1 N–H and O–H groups in total. The number of anilines is 1. The maximum absolute atomic E-state index is 13.7. The smallest absolute Gasteiger partial charge is 0.416 e. The number of non-ortho nitro benzene ring substituents is 1. The van der Waals surface area contributed by atoms with Gasteiger partial charge >= 0.3 is 6.18 Å². The summed E-state index contributed by atoms with van der Waals surface area (Å²) >= 11 is 0. The van der Waals surface area contributed by atoms with Gasteiger partial charge in [0.25, 0.3) is 11.6 Å². The molecule has 0 radical (unpaired) electrons. The molecule has 196 valence electrons. The molecule has 0 unspecified atom stereocenters. The molecule has 38 heavy (non-hydrogen) atoms. The molecular formula is C25H15F5N2O6. The van der Waals surface area contributed by atoms with Crippen molar-refractivity contribution in [2.45, 2.75) is 12.8 Å². The molecule has 4 rings (SSSR count). The van der Waals surface area contributed by atoms with Crippen molar-refractivity contribution in [3.63, 3.8) is 0 Å². The van der Waals surface area contributed by atoms with Crippen LogP contribution in [-0.4, -0.2) is 10.8 Å². The third kappa shape index (κ3) is 6.43. The van der Waals surface area contributed by atoms with Crippen molar-refractivity contribution in [2.24, 2.45) is 0 Å². The Morgan fingerprint density at radius 3 is 2.47 bits per heavy atom. The Hall–Kier alpha value is -4.94. The first-order valence-electron chi connectivity index (χ1n) is 10.6. The predicted molar refractivity (Wildman–Crippen MR) is 122 cm³/mol. The number of carbonyl (C=O) groups is 1. The number of hydrogen-bond acceptors (Lipinski definition) is 6. The van der Waals surface area contributed by atoms with Crippen molar-refractivity contribution in [1.29, 1.82) is 0 Å². The highest BCUT2D eigenvalue weighted by Gasteiger charge is 2.30. The van der Waals surface area contributed by atoms with Crippen molar-refractivity contribution < 1.29 is 45.6 Å². The monoisotopic (exact) mass is 534 g/mol. The summed E-state index contributed by atoms with van der Waals surface area (Å²) in [5.41, 5.74) is -1.58. The molecule has 0 atom stereocenters. The summed E-state index contributed by atoms with van der Waals surface area (Å²) in [6.45, 7) is -0.290. The Morgan fingerprint density at radius 1 is 0.974 bits per heavy atom. The molecule has 0 saturated heterocycles. The molecular weight excluding hydrogens is 519 g/mol. The van der Waals surface area contributed by atoms with Gasteiger partial charge < -0.3 is 19.2 Å². The van der Waals surface area contributed by atoms with Crippen LogP contribution in [0.15, 0.2) is 77.2 Å². The van der Waals surface area contributed by atoms with Crippen LogP contribution in [0.4, 0.5) is 33.3 Å². The molecule has 4 aromatic rings. The molecule has 0 aliphatic heterocycles. The van der Waals surface area contributed by atoms with Gasteiger partial charge in [-0.25, -0.2) is 8.78 Å². The fourth-order valence-electron chi connectivity index (χ4n) is 3.20. The Morgan fingerprint density at radius 2 is 1.76 bits per heavy atom. The van der Waals surface area contributed by atoms with E-state index < -0.39 is 39.9 Å². The number of ether oxygens (including phenoxy) is 2. The highest BCUT2D eigenvalue weighted by molar-refractivity contribution is 6.02. The summed E-state index contributed by atoms with van der Waals surface area (Å²) in [5, 5.41) is 13.7. The number of nitro benzene ring substituents is 1. The van der Waals surface area contributed by atoms with Gasteiger partial charge in [-0.1, -0.05) is 6.07 Å². The lowest BCUT2D eigenvalue weighted by Crippen LogP contribution is -2.11. The Balaban J connectivity index is 1.48. The van der Waals surface area contributed by atoms with Crippen LogP contribution in [0.1, 0.15) is 21.9 Å². The van der Waals surface area contributed by atoms with Crippen molar-refractivity contribution in [2.75, 3.05) is 5.32 Å². The maximum atomic E-state index is 13.7. The Labute approximate surface area is 210 Å². The van der Waals surface area contributed by atoms with Crippen molar-refractivity contribution in [1.82, 2.24) is 0 Å². The number of nitrogens with one attached hydrogen (secondary N) is 1. The first-order valence-corrected chi connectivity index (χ1v) is 10.6. The van der Waals surface area contributed by atoms with E-state index in [0.717, 1.165) is 42.5 Å². The molecule has 3 aromatic carbocycles. The molecule has 0 saturated carbocycles. The number of nitrogens with zero attached hydrogens (tertiary/aromatic N) is 1. The second-order valence-electron chi connectivity index (χ2n) is 7.68. The topological polar surface area (TPSA) is 104 Å². The first-order chi connectivity index (χ1) is 18.0. The standard InChI is InChI=1S/C25H15F5N2O6/c26-15-4-6-22(21(27)9-15)36-13-19-5-7-23(38-19)24(33)31-16-10-17(32(34)35)12-20(11-16)37-18-3-1-2-14(8-18)25(28,29)30/h1-12H,13H2,(H,31,33). The summed E-state index contributed by atoms with van der Waals surface area (Å²) in [7, 11) is 0. The molecule has 0 fully saturated rings. The summed E-state index contributed by atoms with van der Waals surface area (Å²) in [4.78, 5) is 23.2. The molecule has 1 heterocycles. The zero-order valence-electron chi connectivity index (χ0n) is 18.9. The second kappa shape index (κ2) is 10.6. The van der Waals surface area contributed by atoms with Crippen LogP contribution in [0.3, 0.4) is 0 Å². The molecule has 1 aromatic heterocycles. The van der Waals surface area contributed by atoms with E-state index in [0.29, 0.717) is 6.07 Å². The summed E-state index contributed by atoms with van der Waals surface area (Å²) in [5.74, 6) is -3.32. The van der Waals surface area contributed by atoms with E-state index >= 15 is 0 Å². The van der Waals surface area contributed by atoms with Gasteiger partial charge in [-0.05, 0) is 42.5 Å². The van der Waals surface area contributed by atoms with Gasteiger partial charge in [0.1, 0.15) is 29.7 Å². The fraction of sp³-hybridized carbons (Fsp3) is 0.0800. The first kappa shape index (κ1) is 26.1. The Kier molecular flexibility index (Phi) is 7.28. The highest BCUT2D eigenvalue weighted by atomic mass is 19.4. The normalized spacial score (nSPS) is 11.2. The van der Waals surface area contributed by atoms with Crippen molar-refractivity contribution in [3.8, 4) is 17.2 Å². The zero-order valence-corrected chi connectivity index (χ0v) is 18.9. The van der Waals surface area contributed by atoms with E-state index in [1.165, 1.54) is 24.3 Å². The van der Waals surface area contributed by atoms with Crippen LogP contribution in [0.2, 0.25) is 0 Å². The van der Waals surface area contributed by atoms with Crippen molar-refractivity contribution in [3.05, 3.63) is 112 Å². The van der Waals surface area contributed by atoms with E-state index in [-0.39, 0.29) is 41.1 Å². The van der Waals surface area contributed by atoms with Gasteiger partial charge in [-0.2, -0.15) is 13.2 Å². The summed E-state index contributed by atoms with van der Waals surface area (Å²) < 4.78 is 81.5. The van der Waals surface area contributed by atoms with Gasteiger partial charge in [0.05, 0.1) is 22.2 Å². The SMILES string of the molecule is O=C(Nc1cc(Oc2cccc(C(F)(F)F)c2)cc([N+](=O)[O-])c1)c1ccc(COc2ccc(F)cc2F)o1. The largest absolute Gasteiger partial charge is 0.483 e. The van der Waals surface area contributed by atoms with Gasteiger partial charge in [0, 0.05) is 18.2 Å². The minimum Gasteiger partial charge on any atom is -0.483 e. The number of carbonyl (C=O) groups excluding carboxylic acids is 1. The molecule has 13 heteroatoms. The minimum atomic E-state index is -4.62. The fourth-order valence-corrected chi connectivity index (χ4v) is 3.20. The highest BCUT2D eigenvalue weighted by Crippen LogP contribution is 2.34. The van der Waals surface area contributed by atoms with E-state index in [4.69, 9.17) is 13.9 Å². The van der Waals surface area contributed by atoms with Crippen LogP contribution in [0.25, 0.3) is 0 Å². The number of hydrogen-bond donors (Lipinski definition) is 1. The number of halogens is 5. The third-order valence-corrected chi connectivity index (χ3v) is 4.91. The van der Waals surface area contributed by atoms with Gasteiger partial charge in [0.15, 0.2) is 17.3 Å². The summed E-state index contributed by atoms with van der Waals surface area (Å²) in [6, 6.07) is 12.4. The maximum Gasteiger partial charge on any atom is 0.416 e. The number of nitro groups is 1. The van der Waals surface area contributed by atoms with Crippen molar-refractivity contribution >= 4 is 17.3 Å². The van der Waals surface area contributed by atoms with E-state index in [2.05, 4.69) is 5.32 Å². The third-order valence-electron chi connectivity index (χ3n) is 4.91.